The van der Waals surface area contributed by atoms with Gasteiger partial charge in [0.25, 0.3) is 0 Å². The van der Waals surface area contributed by atoms with E-state index in [-0.39, 0.29) is 5.54 Å². The van der Waals surface area contributed by atoms with Gasteiger partial charge in [-0.15, -0.1) is 0 Å². The van der Waals surface area contributed by atoms with Crippen molar-refractivity contribution in [3.8, 4) is 0 Å². The van der Waals surface area contributed by atoms with Gasteiger partial charge in [-0.05, 0) is 61.8 Å². The summed E-state index contributed by atoms with van der Waals surface area (Å²) < 4.78 is 0. The van der Waals surface area contributed by atoms with Crippen molar-refractivity contribution in [1.82, 2.24) is 5.32 Å². The van der Waals surface area contributed by atoms with Gasteiger partial charge in [-0.3, -0.25) is 5.32 Å². The molecular formula is C17H23NO. The lowest BCUT2D eigenvalue weighted by Gasteiger charge is -2.57. The topological polar surface area (TPSA) is 32.3 Å². The van der Waals surface area contributed by atoms with Crippen LogP contribution in [0.2, 0.25) is 0 Å². The van der Waals surface area contributed by atoms with E-state index in [4.69, 9.17) is 0 Å². The van der Waals surface area contributed by atoms with Gasteiger partial charge in [0.2, 0.25) is 0 Å². The van der Waals surface area contributed by atoms with Crippen LogP contribution in [0.4, 0.5) is 0 Å². The van der Waals surface area contributed by atoms with E-state index in [1.807, 2.05) is 30.3 Å². The summed E-state index contributed by atoms with van der Waals surface area (Å²) in [5.74, 6) is 2.75. The molecule has 4 saturated carbocycles. The standard InChI is InChI=1S/C17H23NO/c19-16(15-4-2-1-3-5-15)18-17-9-12-6-13(10-17)8-14(7-12)11-17/h1-5,12-14,16,18-19H,6-11H2/t12?,13?,14?,16-,17?/m0/s1. The SMILES string of the molecule is O[C@H](NC12CC3CC(CC(C3)C1)C2)c1ccccc1. The third kappa shape index (κ3) is 2.11. The van der Waals surface area contributed by atoms with E-state index in [1.165, 1.54) is 38.5 Å². The summed E-state index contributed by atoms with van der Waals surface area (Å²) in [6.07, 6.45) is 7.68. The van der Waals surface area contributed by atoms with Gasteiger partial charge in [0.15, 0.2) is 0 Å². The molecule has 4 aliphatic rings. The molecule has 1 aromatic carbocycles. The molecule has 2 heteroatoms. The quantitative estimate of drug-likeness (QED) is 0.815. The van der Waals surface area contributed by atoms with Crippen molar-refractivity contribution >= 4 is 0 Å². The zero-order chi connectivity index (χ0) is 12.9. The van der Waals surface area contributed by atoms with Crippen molar-refractivity contribution in [1.29, 1.82) is 0 Å². The zero-order valence-electron chi connectivity index (χ0n) is 11.4. The van der Waals surface area contributed by atoms with Crippen LogP contribution >= 0.6 is 0 Å². The lowest BCUT2D eigenvalue weighted by molar-refractivity contribution is -0.0487. The van der Waals surface area contributed by atoms with E-state index in [0.717, 1.165) is 23.3 Å². The van der Waals surface area contributed by atoms with Gasteiger partial charge in [0, 0.05) is 5.54 Å². The van der Waals surface area contributed by atoms with Crippen LogP contribution in [-0.2, 0) is 0 Å². The van der Waals surface area contributed by atoms with E-state index >= 15 is 0 Å². The average molecular weight is 257 g/mol. The highest BCUT2D eigenvalue weighted by atomic mass is 16.3. The molecule has 1 atom stereocenters. The summed E-state index contributed by atoms with van der Waals surface area (Å²) in [6, 6.07) is 10.0. The molecule has 0 aromatic heterocycles. The molecule has 19 heavy (non-hydrogen) atoms. The number of aliphatic hydroxyl groups excluding tert-OH is 1. The molecule has 0 spiro atoms. The number of benzene rings is 1. The highest BCUT2D eigenvalue weighted by Crippen LogP contribution is 2.56. The minimum Gasteiger partial charge on any atom is -0.374 e. The second kappa shape index (κ2) is 4.32. The van der Waals surface area contributed by atoms with E-state index in [1.54, 1.807) is 0 Å². The predicted octanol–water partition coefficient (Wildman–Crippen LogP) is 3.24. The Balaban J connectivity index is 1.53. The summed E-state index contributed by atoms with van der Waals surface area (Å²) in [5.41, 5.74) is 1.22. The molecule has 4 fully saturated rings. The Bertz CT molecular complexity index is 420. The van der Waals surface area contributed by atoms with Crippen LogP contribution in [-0.4, -0.2) is 10.6 Å². The summed E-state index contributed by atoms with van der Waals surface area (Å²) in [6.45, 7) is 0. The number of hydrogen-bond acceptors (Lipinski definition) is 2. The molecule has 0 heterocycles. The molecule has 0 saturated heterocycles. The third-order valence-electron chi connectivity index (χ3n) is 5.60. The third-order valence-corrected chi connectivity index (χ3v) is 5.60. The maximum absolute atomic E-state index is 10.5. The molecule has 2 nitrogen and oxygen atoms in total. The van der Waals surface area contributed by atoms with Gasteiger partial charge in [-0.2, -0.15) is 0 Å². The van der Waals surface area contributed by atoms with Crippen LogP contribution in [0, 0.1) is 17.8 Å². The fourth-order valence-electron chi connectivity index (χ4n) is 5.30. The Morgan fingerprint density at radius 1 is 0.947 bits per heavy atom. The maximum atomic E-state index is 10.5. The van der Waals surface area contributed by atoms with E-state index in [0.29, 0.717) is 0 Å². The van der Waals surface area contributed by atoms with E-state index in [9.17, 15) is 5.11 Å². The highest BCUT2D eigenvalue weighted by molar-refractivity contribution is 5.18. The molecule has 102 valence electrons. The monoisotopic (exact) mass is 257 g/mol. The number of aliphatic hydroxyl groups is 1. The van der Waals surface area contributed by atoms with Crippen LogP contribution in [0.3, 0.4) is 0 Å². The van der Waals surface area contributed by atoms with Crippen LogP contribution in [0.5, 0.6) is 0 Å². The normalized spacial score (nSPS) is 41.4. The molecule has 4 aliphatic carbocycles. The van der Waals surface area contributed by atoms with Gasteiger partial charge in [-0.25, -0.2) is 0 Å². The Morgan fingerprint density at radius 2 is 1.47 bits per heavy atom. The molecule has 1 aromatic rings. The molecule has 0 amide bonds. The Hall–Kier alpha value is -0.860. The van der Waals surface area contributed by atoms with E-state index in [2.05, 4.69) is 5.32 Å². The van der Waals surface area contributed by atoms with Gasteiger partial charge < -0.3 is 5.11 Å². The van der Waals surface area contributed by atoms with Gasteiger partial charge in [-0.1, -0.05) is 30.3 Å². The molecule has 2 N–H and O–H groups in total. The van der Waals surface area contributed by atoms with Crippen LogP contribution in [0.1, 0.15) is 50.3 Å². The maximum Gasteiger partial charge on any atom is 0.131 e. The van der Waals surface area contributed by atoms with Crippen molar-refractivity contribution in [3.63, 3.8) is 0 Å². The number of nitrogens with one attached hydrogen (secondary N) is 1. The molecular weight excluding hydrogens is 234 g/mol. The fraction of sp³-hybridized carbons (Fsp3) is 0.647. The first-order valence-corrected chi connectivity index (χ1v) is 7.73. The minimum absolute atomic E-state index is 0.226. The second-order valence-electron chi connectivity index (χ2n) is 7.16. The first kappa shape index (κ1) is 11.9. The van der Waals surface area contributed by atoms with Crippen LogP contribution in [0.15, 0.2) is 30.3 Å². The molecule has 5 rings (SSSR count). The smallest absolute Gasteiger partial charge is 0.131 e. The summed E-state index contributed by atoms with van der Waals surface area (Å²) in [5, 5.41) is 14.1. The molecule has 0 radical (unpaired) electrons. The number of rotatable bonds is 3. The van der Waals surface area contributed by atoms with Crippen molar-refractivity contribution in [2.24, 2.45) is 17.8 Å². The Labute approximate surface area is 115 Å². The van der Waals surface area contributed by atoms with Gasteiger partial charge in [0.1, 0.15) is 6.23 Å². The highest BCUT2D eigenvalue weighted by Gasteiger charge is 2.51. The Morgan fingerprint density at radius 3 is 2.00 bits per heavy atom. The van der Waals surface area contributed by atoms with Crippen molar-refractivity contribution < 1.29 is 5.11 Å². The molecule has 0 unspecified atom stereocenters. The number of hydrogen-bond donors (Lipinski definition) is 2. The van der Waals surface area contributed by atoms with Crippen LogP contribution in [0.25, 0.3) is 0 Å². The largest absolute Gasteiger partial charge is 0.374 e. The van der Waals surface area contributed by atoms with Crippen molar-refractivity contribution in [2.75, 3.05) is 0 Å². The summed E-state index contributed by atoms with van der Waals surface area (Å²) in [7, 11) is 0. The summed E-state index contributed by atoms with van der Waals surface area (Å²) >= 11 is 0. The zero-order valence-corrected chi connectivity index (χ0v) is 11.4. The van der Waals surface area contributed by atoms with Crippen LogP contribution < -0.4 is 5.32 Å². The first-order valence-electron chi connectivity index (χ1n) is 7.73. The second-order valence-corrected chi connectivity index (χ2v) is 7.16. The summed E-state index contributed by atoms with van der Waals surface area (Å²) in [4.78, 5) is 0. The lowest BCUT2D eigenvalue weighted by atomic mass is 9.53. The first-order chi connectivity index (χ1) is 9.22. The Kier molecular flexibility index (Phi) is 2.71. The molecule has 4 bridgehead atoms. The fourth-order valence-corrected chi connectivity index (χ4v) is 5.30. The van der Waals surface area contributed by atoms with Crippen molar-refractivity contribution in [2.45, 2.75) is 50.3 Å². The van der Waals surface area contributed by atoms with E-state index < -0.39 is 6.23 Å². The lowest BCUT2D eigenvalue weighted by Crippen LogP contribution is -2.59. The van der Waals surface area contributed by atoms with Crippen molar-refractivity contribution in [3.05, 3.63) is 35.9 Å². The van der Waals surface area contributed by atoms with Gasteiger partial charge in [0.05, 0.1) is 0 Å². The molecule has 0 aliphatic heterocycles. The van der Waals surface area contributed by atoms with Gasteiger partial charge >= 0.3 is 0 Å². The minimum atomic E-state index is -0.502. The predicted molar refractivity (Wildman–Crippen MR) is 75.4 cm³/mol. The average Bonchev–Trinajstić information content (AvgIpc) is 2.37.